The number of aliphatic hydroxyl groups excluding tert-OH is 1. The molecule has 1 fully saturated rings. The van der Waals surface area contributed by atoms with Gasteiger partial charge in [0, 0.05) is 0 Å². The van der Waals surface area contributed by atoms with Crippen LogP contribution in [-0.4, -0.2) is 66.1 Å². The molecular weight excluding hydrogens is 222 g/mol. The maximum Gasteiger partial charge on any atom is 0.433 e. The number of ether oxygens (including phenoxy) is 1. The second kappa shape index (κ2) is 6.11. The molecule has 0 aromatic carbocycles. The van der Waals surface area contributed by atoms with E-state index < -0.39 is 6.10 Å². The highest BCUT2D eigenvalue weighted by atomic mass is 16.5. The highest BCUT2D eigenvalue weighted by Crippen LogP contribution is 2.17. The average molecular weight is 244 g/mol. The zero-order valence-electron chi connectivity index (χ0n) is 10.3. The summed E-state index contributed by atoms with van der Waals surface area (Å²) in [5.74, 6) is 5.57. The summed E-state index contributed by atoms with van der Waals surface area (Å²) < 4.78 is 5.38. The van der Waals surface area contributed by atoms with E-state index >= 15 is 0 Å². The number of amides is 2. The van der Waals surface area contributed by atoms with Gasteiger partial charge in [0.05, 0.1) is 26.3 Å². The standard InChI is InChI=1S/C11H22N3O3/c1-3-7-17-9-10(15)8-14(4-2)6-5-13(12)11(14)16/h3,10,15H,1,4-9,12H2,2H3/q+1. The van der Waals surface area contributed by atoms with E-state index in [9.17, 15) is 9.90 Å². The molecule has 0 radical (unpaired) electrons. The van der Waals surface area contributed by atoms with Gasteiger partial charge in [-0.15, -0.1) is 6.58 Å². The molecule has 0 saturated carbocycles. The Labute approximate surface area is 102 Å². The summed E-state index contributed by atoms with van der Waals surface area (Å²) in [6.07, 6.45) is 0.963. The monoisotopic (exact) mass is 244 g/mol. The third-order valence-corrected chi connectivity index (χ3v) is 3.13. The Hall–Kier alpha value is -0.950. The number of carbonyl (C=O) groups excluding carboxylic acids is 1. The molecule has 0 aromatic heterocycles. The van der Waals surface area contributed by atoms with Crippen LogP contribution in [0.2, 0.25) is 0 Å². The normalized spacial score (nSPS) is 26.3. The molecule has 0 spiro atoms. The van der Waals surface area contributed by atoms with Crippen LogP contribution in [0.5, 0.6) is 0 Å². The van der Waals surface area contributed by atoms with Gasteiger partial charge in [0.25, 0.3) is 0 Å². The number of quaternary nitrogens is 1. The molecule has 2 unspecified atom stereocenters. The Morgan fingerprint density at radius 3 is 2.94 bits per heavy atom. The molecule has 98 valence electrons. The molecule has 0 aromatic rings. The number of nitrogens with zero attached hydrogens (tertiary/aromatic N) is 2. The van der Waals surface area contributed by atoms with E-state index in [1.54, 1.807) is 6.08 Å². The summed E-state index contributed by atoms with van der Waals surface area (Å²) in [5.41, 5.74) is 0. The fourth-order valence-corrected chi connectivity index (χ4v) is 2.10. The average Bonchev–Trinajstić information content (AvgIpc) is 2.59. The highest BCUT2D eigenvalue weighted by molar-refractivity contribution is 5.68. The molecule has 2 atom stereocenters. The van der Waals surface area contributed by atoms with Gasteiger partial charge in [0.15, 0.2) is 0 Å². The van der Waals surface area contributed by atoms with Crippen molar-refractivity contribution < 1.29 is 19.1 Å². The predicted octanol–water partition coefficient (Wildman–Crippen LogP) is -0.304. The number of rotatable bonds is 7. The topological polar surface area (TPSA) is 75.8 Å². The number of hydrazine groups is 1. The van der Waals surface area contributed by atoms with Gasteiger partial charge in [-0.2, -0.15) is 0 Å². The predicted molar refractivity (Wildman–Crippen MR) is 63.8 cm³/mol. The van der Waals surface area contributed by atoms with E-state index in [0.29, 0.717) is 32.8 Å². The number of aliphatic hydroxyl groups is 1. The van der Waals surface area contributed by atoms with Gasteiger partial charge < -0.3 is 9.84 Å². The molecule has 0 aliphatic carbocycles. The van der Waals surface area contributed by atoms with Gasteiger partial charge in [0.2, 0.25) is 0 Å². The lowest BCUT2D eigenvalue weighted by Crippen LogP contribution is -2.56. The van der Waals surface area contributed by atoms with Crippen molar-refractivity contribution in [2.24, 2.45) is 5.84 Å². The van der Waals surface area contributed by atoms with Crippen molar-refractivity contribution in [1.29, 1.82) is 0 Å². The molecule has 6 nitrogen and oxygen atoms in total. The van der Waals surface area contributed by atoms with Crippen molar-refractivity contribution in [3.05, 3.63) is 12.7 Å². The summed E-state index contributed by atoms with van der Waals surface area (Å²) in [6, 6.07) is -0.129. The highest BCUT2D eigenvalue weighted by Gasteiger charge is 2.45. The number of hydrogen-bond donors (Lipinski definition) is 2. The minimum absolute atomic E-state index is 0.129. The fraction of sp³-hybridized carbons (Fsp3) is 0.727. The number of urea groups is 1. The first-order valence-corrected chi connectivity index (χ1v) is 5.85. The molecule has 1 aliphatic rings. The molecular formula is C11H22N3O3+. The van der Waals surface area contributed by atoms with Gasteiger partial charge in [-0.3, -0.25) is 0 Å². The van der Waals surface area contributed by atoms with Crippen LogP contribution in [0, 0.1) is 0 Å². The van der Waals surface area contributed by atoms with Crippen LogP contribution in [0.1, 0.15) is 6.92 Å². The van der Waals surface area contributed by atoms with Crippen molar-refractivity contribution >= 4 is 6.03 Å². The van der Waals surface area contributed by atoms with Crippen molar-refractivity contribution in [3.8, 4) is 0 Å². The fourth-order valence-electron chi connectivity index (χ4n) is 2.10. The lowest BCUT2D eigenvalue weighted by molar-refractivity contribution is -0.843. The van der Waals surface area contributed by atoms with Crippen molar-refractivity contribution in [3.63, 3.8) is 0 Å². The van der Waals surface area contributed by atoms with Gasteiger partial charge in [-0.1, -0.05) is 6.08 Å². The largest absolute Gasteiger partial charge is 0.433 e. The van der Waals surface area contributed by atoms with Crippen molar-refractivity contribution in [2.75, 3.05) is 39.4 Å². The summed E-state index contributed by atoms with van der Waals surface area (Å²) in [7, 11) is 0. The molecule has 3 N–H and O–H groups in total. The first-order valence-electron chi connectivity index (χ1n) is 5.85. The van der Waals surface area contributed by atoms with Gasteiger partial charge in [0.1, 0.15) is 19.2 Å². The zero-order chi connectivity index (χ0) is 12.9. The number of hydrogen-bond acceptors (Lipinski definition) is 4. The van der Waals surface area contributed by atoms with Gasteiger partial charge in [-0.05, 0) is 6.92 Å². The van der Waals surface area contributed by atoms with Crippen LogP contribution >= 0.6 is 0 Å². The lowest BCUT2D eigenvalue weighted by atomic mass is 10.3. The first-order chi connectivity index (χ1) is 8.05. The van der Waals surface area contributed by atoms with Crippen molar-refractivity contribution in [2.45, 2.75) is 13.0 Å². The molecule has 1 aliphatic heterocycles. The molecule has 1 rings (SSSR count). The van der Waals surface area contributed by atoms with E-state index in [4.69, 9.17) is 10.6 Å². The van der Waals surface area contributed by atoms with E-state index in [-0.39, 0.29) is 17.1 Å². The minimum atomic E-state index is -0.662. The Bertz CT molecular complexity index is 285. The van der Waals surface area contributed by atoms with Crippen LogP contribution in [0.3, 0.4) is 0 Å². The van der Waals surface area contributed by atoms with Gasteiger partial charge >= 0.3 is 6.03 Å². The Morgan fingerprint density at radius 1 is 1.76 bits per heavy atom. The van der Waals surface area contributed by atoms with Gasteiger partial charge in [-0.25, -0.2) is 20.1 Å². The lowest BCUT2D eigenvalue weighted by Gasteiger charge is -2.30. The minimum Gasteiger partial charge on any atom is -0.385 e. The van der Waals surface area contributed by atoms with E-state index in [1.165, 1.54) is 5.01 Å². The smallest absolute Gasteiger partial charge is 0.385 e. The number of carbonyl (C=O) groups is 1. The third kappa shape index (κ3) is 3.26. The Morgan fingerprint density at radius 2 is 2.47 bits per heavy atom. The van der Waals surface area contributed by atoms with Crippen molar-refractivity contribution in [1.82, 2.24) is 5.01 Å². The van der Waals surface area contributed by atoms with E-state index in [1.807, 2.05) is 6.92 Å². The molecule has 1 heterocycles. The molecule has 1 saturated heterocycles. The summed E-state index contributed by atoms with van der Waals surface area (Å²) >= 11 is 0. The zero-order valence-corrected chi connectivity index (χ0v) is 10.3. The number of likely N-dealkylation sites (N-methyl/N-ethyl adjacent to an activating group) is 1. The van der Waals surface area contributed by atoms with E-state index in [0.717, 1.165) is 0 Å². The summed E-state index contributed by atoms with van der Waals surface area (Å²) in [6.45, 7) is 8.22. The van der Waals surface area contributed by atoms with Crippen LogP contribution in [0.15, 0.2) is 12.7 Å². The molecule has 17 heavy (non-hydrogen) atoms. The summed E-state index contributed by atoms with van der Waals surface area (Å²) in [5, 5.41) is 11.1. The van der Waals surface area contributed by atoms with Crippen LogP contribution in [0.4, 0.5) is 4.79 Å². The maximum atomic E-state index is 11.9. The maximum absolute atomic E-state index is 11.9. The quantitative estimate of drug-likeness (QED) is 0.212. The molecule has 2 amide bonds. The first kappa shape index (κ1) is 14.1. The van der Waals surface area contributed by atoms with Crippen LogP contribution in [0.25, 0.3) is 0 Å². The third-order valence-electron chi connectivity index (χ3n) is 3.13. The second-order valence-corrected chi connectivity index (χ2v) is 4.32. The summed E-state index contributed by atoms with van der Waals surface area (Å²) in [4.78, 5) is 11.9. The molecule has 6 heteroatoms. The Balaban J connectivity index is 2.51. The number of nitrogens with two attached hydrogens (primary N) is 1. The van der Waals surface area contributed by atoms with Crippen LogP contribution < -0.4 is 5.84 Å². The van der Waals surface area contributed by atoms with E-state index in [2.05, 4.69) is 6.58 Å². The molecule has 0 bridgehead atoms. The SMILES string of the molecule is C=CCOCC(O)C[N+]1(CC)CCN(N)C1=O. The Kier molecular flexibility index (Phi) is 5.07. The second-order valence-electron chi connectivity index (χ2n) is 4.32. The van der Waals surface area contributed by atoms with Crippen LogP contribution in [-0.2, 0) is 4.74 Å².